The topological polar surface area (TPSA) is 50.8 Å². The lowest BCUT2D eigenvalue weighted by atomic mass is 9.93. The molecule has 0 saturated heterocycles. The Morgan fingerprint density at radius 2 is 1.96 bits per heavy atom. The summed E-state index contributed by atoms with van der Waals surface area (Å²) in [6.07, 6.45) is 0. The molecular formula is C16H24F2N2O3. The van der Waals surface area contributed by atoms with Crippen molar-refractivity contribution in [3.05, 3.63) is 23.8 Å². The quantitative estimate of drug-likeness (QED) is 0.796. The van der Waals surface area contributed by atoms with Crippen LogP contribution in [-0.2, 0) is 0 Å². The molecule has 0 unspecified atom stereocenters. The Balaban J connectivity index is 2.77. The van der Waals surface area contributed by atoms with Gasteiger partial charge in [0.25, 0.3) is 5.91 Å². The van der Waals surface area contributed by atoms with E-state index in [9.17, 15) is 13.6 Å². The van der Waals surface area contributed by atoms with Gasteiger partial charge in [-0.3, -0.25) is 4.79 Å². The Morgan fingerprint density at radius 3 is 2.48 bits per heavy atom. The minimum absolute atomic E-state index is 0.0884. The van der Waals surface area contributed by atoms with Crippen molar-refractivity contribution in [2.24, 2.45) is 5.41 Å². The van der Waals surface area contributed by atoms with Crippen molar-refractivity contribution < 1.29 is 23.0 Å². The van der Waals surface area contributed by atoms with Crippen LogP contribution in [-0.4, -0.2) is 51.7 Å². The fraction of sp³-hybridized carbons (Fsp3) is 0.562. The number of carbonyl (C=O) groups is 1. The highest BCUT2D eigenvalue weighted by atomic mass is 19.3. The number of amides is 1. The molecule has 0 bridgehead atoms. The van der Waals surface area contributed by atoms with Gasteiger partial charge in [0.1, 0.15) is 0 Å². The first-order chi connectivity index (χ1) is 10.6. The largest absolute Gasteiger partial charge is 0.493 e. The molecule has 0 aliphatic carbocycles. The van der Waals surface area contributed by atoms with Crippen molar-refractivity contribution >= 4 is 5.91 Å². The minimum Gasteiger partial charge on any atom is -0.493 e. The summed E-state index contributed by atoms with van der Waals surface area (Å²) in [6.45, 7) is 2.45. The highest BCUT2D eigenvalue weighted by molar-refractivity contribution is 5.94. The van der Waals surface area contributed by atoms with E-state index in [4.69, 9.17) is 4.74 Å². The number of nitrogens with one attached hydrogen (secondary N) is 1. The van der Waals surface area contributed by atoms with Gasteiger partial charge < -0.3 is 19.7 Å². The molecular weight excluding hydrogens is 306 g/mol. The third-order valence-corrected chi connectivity index (χ3v) is 3.11. The Labute approximate surface area is 135 Å². The van der Waals surface area contributed by atoms with Crippen LogP contribution in [0.25, 0.3) is 0 Å². The highest BCUT2D eigenvalue weighted by Gasteiger charge is 2.21. The number of nitrogens with zero attached hydrogens (tertiary/aromatic N) is 1. The monoisotopic (exact) mass is 330 g/mol. The van der Waals surface area contributed by atoms with Gasteiger partial charge >= 0.3 is 6.61 Å². The molecule has 130 valence electrons. The number of halogens is 2. The predicted octanol–water partition coefficient (Wildman–Crippen LogP) is 2.61. The maximum atomic E-state index is 12.3. The Bertz CT molecular complexity index is 534. The summed E-state index contributed by atoms with van der Waals surface area (Å²) < 4.78 is 33.9. The van der Waals surface area contributed by atoms with E-state index in [1.165, 1.54) is 25.3 Å². The molecule has 0 aromatic heterocycles. The molecule has 0 saturated carbocycles. The molecule has 1 aromatic rings. The zero-order chi connectivity index (χ0) is 17.6. The Hall–Kier alpha value is -1.89. The van der Waals surface area contributed by atoms with Crippen LogP contribution in [0, 0.1) is 5.41 Å². The summed E-state index contributed by atoms with van der Waals surface area (Å²) in [5, 5.41) is 2.85. The molecule has 5 nitrogen and oxygen atoms in total. The molecule has 7 heteroatoms. The second-order valence-corrected chi connectivity index (χ2v) is 6.33. The van der Waals surface area contributed by atoms with Crippen LogP contribution in [0.2, 0.25) is 0 Å². The van der Waals surface area contributed by atoms with Crippen LogP contribution in [0.3, 0.4) is 0 Å². The van der Waals surface area contributed by atoms with Crippen LogP contribution >= 0.6 is 0 Å². The smallest absolute Gasteiger partial charge is 0.387 e. The number of benzene rings is 1. The van der Waals surface area contributed by atoms with E-state index in [-0.39, 0.29) is 22.8 Å². The third kappa shape index (κ3) is 6.40. The van der Waals surface area contributed by atoms with Gasteiger partial charge in [-0.05, 0) is 37.7 Å². The lowest BCUT2D eigenvalue weighted by Gasteiger charge is -2.28. The van der Waals surface area contributed by atoms with Gasteiger partial charge in [-0.2, -0.15) is 8.78 Å². The maximum absolute atomic E-state index is 12.3. The average Bonchev–Trinajstić information content (AvgIpc) is 2.43. The van der Waals surface area contributed by atoms with Gasteiger partial charge in [-0.25, -0.2) is 0 Å². The van der Waals surface area contributed by atoms with Crippen molar-refractivity contribution in [3.63, 3.8) is 0 Å². The van der Waals surface area contributed by atoms with Crippen molar-refractivity contribution in [1.29, 1.82) is 0 Å². The van der Waals surface area contributed by atoms with E-state index >= 15 is 0 Å². The van der Waals surface area contributed by atoms with E-state index in [1.807, 2.05) is 32.8 Å². The molecule has 0 aliphatic heterocycles. The number of methoxy groups -OCH3 is 1. The van der Waals surface area contributed by atoms with Gasteiger partial charge in [0, 0.05) is 18.7 Å². The third-order valence-electron chi connectivity index (χ3n) is 3.11. The molecule has 1 amide bonds. The van der Waals surface area contributed by atoms with Crippen LogP contribution in [0.5, 0.6) is 11.5 Å². The predicted molar refractivity (Wildman–Crippen MR) is 84.3 cm³/mol. The highest BCUT2D eigenvalue weighted by Crippen LogP contribution is 2.29. The van der Waals surface area contributed by atoms with Crippen molar-refractivity contribution in [3.8, 4) is 11.5 Å². The summed E-state index contributed by atoms with van der Waals surface area (Å²) in [4.78, 5) is 14.3. The lowest BCUT2D eigenvalue weighted by Crippen LogP contribution is -2.39. The zero-order valence-electron chi connectivity index (χ0n) is 14.2. The van der Waals surface area contributed by atoms with Crippen molar-refractivity contribution in [1.82, 2.24) is 10.2 Å². The number of hydrogen-bond acceptors (Lipinski definition) is 4. The molecule has 1 rings (SSSR count). The first kappa shape index (κ1) is 19.2. The minimum atomic E-state index is -2.95. The second-order valence-electron chi connectivity index (χ2n) is 6.33. The second kappa shape index (κ2) is 8.10. The lowest BCUT2D eigenvalue weighted by molar-refractivity contribution is -0.0512. The van der Waals surface area contributed by atoms with Gasteiger partial charge in [0.2, 0.25) is 0 Å². The van der Waals surface area contributed by atoms with E-state index in [2.05, 4.69) is 10.1 Å². The normalized spacial score (nSPS) is 11.7. The van der Waals surface area contributed by atoms with E-state index in [1.54, 1.807) is 0 Å². The Kier molecular flexibility index (Phi) is 6.75. The SMILES string of the molecule is COc1cc(C(=O)NCC(C)(C)CN(C)C)ccc1OC(F)F. The van der Waals surface area contributed by atoms with E-state index in [0.29, 0.717) is 12.1 Å². The molecule has 0 radical (unpaired) electrons. The number of alkyl halides is 2. The van der Waals surface area contributed by atoms with Crippen molar-refractivity contribution in [2.45, 2.75) is 20.5 Å². The number of hydrogen-bond donors (Lipinski definition) is 1. The first-order valence-corrected chi connectivity index (χ1v) is 7.20. The molecule has 1 N–H and O–H groups in total. The summed E-state index contributed by atoms with van der Waals surface area (Å²) in [7, 11) is 5.27. The number of ether oxygens (including phenoxy) is 2. The summed E-state index contributed by atoms with van der Waals surface area (Å²) in [5.74, 6) is -0.309. The maximum Gasteiger partial charge on any atom is 0.387 e. The van der Waals surface area contributed by atoms with E-state index in [0.717, 1.165) is 6.54 Å². The molecule has 0 atom stereocenters. The standard InChI is InChI=1S/C16H24F2N2O3/c1-16(2,10-20(3)4)9-19-14(21)11-6-7-12(23-15(17)18)13(8-11)22-5/h6-8,15H,9-10H2,1-5H3,(H,19,21). The van der Waals surface area contributed by atoms with Crippen LogP contribution in [0.1, 0.15) is 24.2 Å². The Morgan fingerprint density at radius 1 is 1.30 bits per heavy atom. The first-order valence-electron chi connectivity index (χ1n) is 7.20. The van der Waals surface area contributed by atoms with Gasteiger partial charge in [-0.15, -0.1) is 0 Å². The molecule has 0 fully saturated rings. The van der Waals surface area contributed by atoms with Gasteiger partial charge in [0.05, 0.1) is 7.11 Å². The molecule has 0 aliphatic rings. The van der Waals surface area contributed by atoms with Gasteiger partial charge in [0.15, 0.2) is 11.5 Å². The summed E-state index contributed by atoms with van der Waals surface area (Å²) in [5.41, 5.74) is 0.228. The average molecular weight is 330 g/mol. The molecule has 0 spiro atoms. The van der Waals surface area contributed by atoms with Gasteiger partial charge in [-0.1, -0.05) is 13.8 Å². The van der Waals surface area contributed by atoms with Crippen molar-refractivity contribution in [2.75, 3.05) is 34.3 Å². The fourth-order valence-corrected chi connectivity index (χ4v) is 2.34. The molecule has 1 aromatic carbocycles. The number of rotatable bonds is 8. The summed E-state index contributed by atoms with van der Waals surface area (Å²) in [6, 6.07) is 4.10. The summed E-state index contributed by atoms with van der Waals surface area (Å²) >= 11 is 0. The molecule has 0 heterocycles. The van der Waals surface area contributed by atoms with Crippen LogP contribution in [0.15, 0.2) is 18.2 Å². The van der Waals surface area contributed by atoms with Crippen LogP contribution in [0.4, 0.5) is 8.78 Å². The zero-order valence-corrected chi connectivity index (χ0v) is 14.2. The van der Waals surface area contributed by atoms with Crippen LogP contribution < -0.4 is 14.8 Å². The van der Waals surface area contributed by atoms with E-state index < -0.39 is 6.61 Å². The fourth-order valence-electron chi connectivity index (χ4n) is 2.34. The molecule has 23 heavy (non-hydrogen) atoms. The number of carbonyl (C=O) groups excluding carboxylic acids is 1.